The van der Waals surface area contributed by atoms with Crippen molar-refractivity contribution in [2.24, 2.45) is 0 Å². The number of carbonyl (C=O) groups is 2. The van der Waals surface area contributed by atoms with Gasteiger partial charge >= 0.3 is 0 Å². The third-order valence-electron chi connectivity index (χ3n) is 5.80. The van der Waals surface area contributed by atoms with Crippen molar-refractivity contribution in [2.45, 2.75) is 44.4 Å². The number of benzene rings is 3. The van der Waals surface area contributed by atoms with Crippen molar-refractivity contribution < 1.29 is 14.3 Å². The van der Waals surface area contributed by atoms with Gasteiger partial charge in [0, 0.05) is 23.7 Å². The Bertz CT molecular complexity index is 1160. The van der Waals surface area contributed by atoms with Gasteiger partial charge in [0.05, 0.1) is 24.0 Å². The van der Waals surface area contributed by atoms with Crippen molar-refractivity contribution in [3.8, 4) is 0 Å². The van der Waals surface area contributed by atoms with Crippen LogP contribution >= 0.6 is 11.8 Å². The van der Waals surface area contributed by atoms with E-state index in [4.69, 9.17) is 4.74 Å². The van der Waals surface area contributed by atoms with Gasteiger partial charge in [-0.1, -0.05) is 54.6 Å². The molecule has 6 heteroatoms. The molecule has 2 amide bonds. The molecule has 0 atom stereocenters. The minimum atomic E-state index is -0.151. The maximum absolute atomic E-state index is 13.0. The minimum absolute atomic E-state index is 0.0595. The van der Waals surface area contributed by atoms with Gasteiger partial charge < -0.3 is 15.0 Å². The molecule has 1 heterocycles. The number of nitrogens with one attached hydrogen (secondary N) is 1. The van der Waals surface area contributed by atoms with Gasteiger partial charge in [-0.2, -0.15) is 0 Å². The molecule has 34 heavy (non-hydrogen) atoms. The first-order chi connectivity index (χ1) is 16.5. The molecule has 0 unspecified atom stereocenters. The number of nitrogens with zero attached hydrogens (tertiary/aromatic N) is 1. The quantitative estimate of drug-likeness (QED) is 0.432. The molecule has 4 rings (SSSR count). The van der Waals surface area contributed by atoms with Crippen LogP contribution in [0, 0.1) is 0 Å². The van der Waals surface area contributed by atoms with Crippen LogP contribution in [0.2, 0.25) is 0 Å². The van der Waals surface area contributed by atoms with Crippen molar-refractivity contribution in [1.82, 2.24) is 5.32 Å². The summed E-state index contributed by atoms with van der Waals surface area (Å²) in [6, 6.07) is 23.5. The zero-order valence-electron chi connectivity index (χ0n) is 19.6. The number of anilines is 1. The largest absolute Gasteiger partial charge is 0.374 e. The Kier molecular flexibility index (Phi) is 8.03. The normalized spacial score (nSPS) is 12.6. The predicted molar refractivity (Wildman–Crippen MR) is 137 cm³/mol. The van der Waals surface area contributed by atoms with Gasteiger partial charge in [0.2, 0.25) is 5.91 Å². The lowest BCUT2D eigenvalue weighted by Crippen LogP contribution is -2.30. The standard InChI is InChI=1S/C28H30N2O3S/c1-20(2)33-18-23-11-4-3-10-22(23)17-29-28(32)24-12-6-8-14-26(24)34-19-27(31)30-16-15-21-9-5-7-13-25(21)30/h3-14,20H,15-19H2,1-2H3,(H,29,32). The molecule has 0 fully saturated rings. The van der Waals surface area contributed by atoms with E-state index in [1.54, 1.807) is 6.07 Å². The number of amides is 2. The highest BCUT2D eigenvalue weighted by Gasteiger charge is 2.24. The van der Waals surface area contributed by atoms with E-state index in [9.17, 15) is 9.59 Å². The molecule has 0 aliphatic carbocycles. The molecule has 0 aromatic heterocycles. The maximum atomic E-state index is 13.0. The van der Waals surface area contributed by atoms with Gasteiger partial charge in [-0.25, -0.2) is 0 Å². The Morgan fingerprint density at radius 3 is 2.50 bits per heavy atom. The Balaban J connectivity index is 1.38. The highest BCUT2D eigenvalue weighted by Crippen LogP contribution is 2.29. The number of rotatable bonds is 9. The number of hydrogen-bond acceptors (Lipinski definition) is 4. The molecular weight excluding hydrogens is 444 g/mol. The summed E-state index contributed by atoms with van der Waals surface area (Å²) in [4.78, 5) is 28.6. The van der Waals surface area contributed by atoms with E-state index in [1.165, 1.54) is 17.3 Å². The number of ether oxygens (including phenoxy) is 1. The van der Waals surface area contributed by atoms with Gasteiger partial charge in [-0.05, 0) is 55.2 Å². The number of hydrogen-bond donors (Lipinski definition) is 1. The fourth-order valence-electron chi connectivity index (χ4n) is 3.99. The molecule has 0 bridgehead atoms. The van der Waals surface area contributed by atoms with Crippen LogP contribution in [-0.2, 0) is 29.1 Å². The van der Waals surface area contributed by atoms with Gasteiger partial charge in [-0.15, -0.1) is 11.8 Å². The number of para-hydroxylation sites is 1. The molecule has 0 saturated carbocycles. The Morgan fingerprint density at radius 2 is 1.68 bits per heavy atom. The highest BCUT2D eigenvalue weighted by molar-refractivity contribution is 8.00. The van der Waals surface area contributed by atoms with E-state index >= 15 is 0 Å². The molecule has 0 saturated heterocycles. The molecule has 0 spiro atoms. The smallest absolute Gasteiger partial charge is 0.252 e. The average Bonchev–Trinajstić information content (AvgIpc) is 3.29. The van der Waals surface area contributed by atoms with Crippen LogP contribution in [0.3, 0.4) is 0 Å². The van der Waals surface area contributed by atoms with E-state index in [-0.39, 0.29) is 23.7 Å². The SMILES string of the molecule is CC(C)OCc1ccccc1CNC(=O)c1ccccc1SCC(=O)N1CCc2ccccc21. The van der Waals surface area contributed by atoms with Crippen LogP contribution in [0.15, 0.2) is 77.7 Å². The van der Waals surface area contributed by atoms with Gasteiger partial charge in [0.25, 0.3) is 5.91 Å². The molecule has 0 radical (unpaired) electrons. The zero-order valence-corrected chi connectivity index (χ0v) is 20.4. The van der Waals surface area contributed by atoms with Crippen molar-refractivity contribution in [3.63, 3.8) is 0 Å². The summed E-state index contributed by atoms with van der Waals surface area (Å²) in [6.45, 7) is 5.65. The van der Waals surface area contributed by atoms with Crippen LogP contribution in [0.5, 0.6) is 0 Å². The minimum Gasteiger partial charge on any atom is -0.374 e. The van der Waals surface area contributed by atoms with Gasteiger partial charge in [-0.3, -0.25) is 9.59 Å². The third-order valence-corrected chi connectivity index (χ3v) is 6.86. The van der Waals surface area contributed by atoms with Crippen LogP contribution in [0.25, 0.3) is 0 Å². The monoisotopic (exact) mass is 474 g/mol. The average molecular weight is 475 g/mol. The summed E-state index contributed by atoms with van der Waals surface area (Å²) < 4.78 is 5.75. The second kappa shape index (κ2) is 11.4. The number of fused-ring (bicyclic) bond motifs is 1. The van der Waals surface area contributed by atoms with Crippen LogP contribution in [-0.4, -0.2) is 30.2 Å². The summed E-state index contributed by atoms with van der Waals surface area (Å²) in [5, 5.41) is 3.04. The summed E-state index contributed by atoms with van der Waals surface area (Å²) in [5.74, 6) is 0.194. The van der Waals surface area contributed by atoms with E-state index < -0.39 is 0 Å². The Morgan fingerprint density at radius 1 is 0.971 bits per heavy atom. The van der Waals surface area contributed by atoms with E-state index in [1.807, 2.05) is 79.4 Å². The summed E-state index contributed by atoms with van der Waals surface area (Å²) in [5.41, 5.74) is 4.89. The lowest BCUT2D eigenvalue weighted by molar-refractivity contribution is -0.116. The van der Waals surface area contributed by atoms with Crippen molar-refractivity contribution in [1.29, 1.82) is 0 Å². The molecule has 1 aliphatic rings. The summed E-state index contributed by atoms with van der Waals surface area (Å²) >= 11 is 1.41. The van der Waals surface area contributed by atoms with Crippen molar-refractivity contribution in [2.75, 3.05) is 17.2 Å². The van der Waals surface area contributed by atoms with Crippen molar-refractivity contribution in [3.05, 3.63) is 95.1 Å². The molecule has 5 nitrogen and oxygen atoms in total. The number of carbonyl (C=O) groups excluding carboxylic acids is 2. The lowest BCUT2D eigenvalue weighted by atomic mass is 10.1. The second-order valence-corrected chi connectivity index (χ2v) is 9.54. The fraction of sp³-hybridized carbons (Fsp3) is 0.286. The topological polar surface area (TPSA) is 58.6 Å². The van der Waals surface area contributed by atoms with Gasteiger partial charge in [0.15, 0.2) is 0 Å². The maximum Gasteiger partial charge on any atom is 0.252 e. The van der Waals surface area contributed by atoms with Crippen LogP contribution in [0.1, 0.15) is 40.9 Å². The predicted octanol–water partition coefficient (Wildman–Crippen LogP) is 5.22. The van der Waals surface area contributed by atoms with Crippen LogP contribution in [0.4, 0.5) is 5.69 Å². The van der Waals surface area contributed by atoms with Crippen molar-refractivity contribution >= 4 is 29.3 Å². The first-order valence-corrected chi connectivity index (χ1v) is 12.6. The zero-order chi connectivity index (χ0) is 23.9. The molecular formula is C28H30N2O3S. The first kappa shape index (κ1) is 24.0. The Labute approximate surface area is 205 Å². The number of thioether (sulfide) groups is 1. The fourth-order valence-corrected chi connectivity index (χ4v) is 4.92. The molecule has 1 aliphatic heterocycles. The summed E-state index contributed by atoms with van der Waals surface area (Å²) in [7, 11) is 0. The second-order valence-electron chi connectivity index (χ2n) is 8.52. The van der Waals surface area contributed by atoms with E-state index in [0.717, 1.165) is 28.1 Å². The molecule has 3 aromatic rings. The Hall–Kier alpha value is -3.09. The lowest BCUT2D eigenvalue weighted by Gasteiger charge is -2.17. The highest BCUT2D eigenvalue weighted by atomic mass is 32.2. The van der Waals surface area contributed by atoms with Gasteiger partial charge in [0.1, 0.15) is 0 Å². The first-order valence-electron chi connectivity index (χ1n) is 11.6. The molecule has 3 aromatic carbocycles. The molecule has 1 N–H and O–H groups in total. The van der Waals surface area contributed by atoms with E-state index in [2.05, 4.69) is 11.4 Å². The molecule has 176 valence electrons. The summed E-state index contributed by atoms with van der Waals surface area (Å²) in [6.07, 6.45) is 1.03. The van der Waals surface area contributed by atoms with Crippen LogP contribution < -0.4 is 10.2 Å². The van der Waals surface area contributed by atoms with E-state index in [0.29, 0.717) is 25.3 Å². The third kappa shape index (κ3) is 5.88.